The van der Waals surface area contributed by atoms with Gasteiger partial charge in [-0.25, -0.2) is 0 Å². The molecular formula is C13H20O7. The van der Waals surface area contributed by atoms with Crippen molar-refractivity contribution in [1.29, 1.82) is 0 Å². The lowest BCUT2D eigenvalue weighted by Crippen LogP contribution is -2.39. The Morgan fingerprint density at radius 1 is 1.00 bits per heavy atom. The molecule has 7 nitrogen and oxygen atoms in total. The van der Waals surface area contributed by atoms with Crippen molar-refractivity contribution >= 4 is 12.3 Å². The standard InChI is InChI=1S/C13H20O7/c14-6-4-2-1-3-5-10(16)13(20)11(17)7-9(15)8-12(18)19/h1-4,6,9-11,13,15-17,20H,5,7-8H2,(H,18,19)/b3-1+,4-2+/t9-,10+,11-,13+/m1/s1. The van der Waals surface area contributed by atoms with Crippen molar-refractivity contribution < 1.29 is 35.1 Å². The number of aliphatic hydroxyl groups excluding tert-OH is 4. The second-order valence-corrected chi connectivity index (χ2v) is 4.30. The molecule has 0 bridgehead atoms. The van der Waals surface area contributed by atoms with Crippen LogP contribution in [0.5, 0.6) is 0 Å². The summed E-state index contributed by atoms with van der Waals surface area (Å²) in [5, 5.41) is 46.5. The number of aliphatic carboxylic acids is 1. The number of carboxylic acid groups (broad SMARTS) is 1. The number of hydrogen-bond donors (Lipinski definition) is 5. The van der Waals surface area contributed by atoms with Crippen molar-refractivity contribution in [2.75, 3.05) is 0 Å². The summed E-state index contributed by atoms with van der Waals surface area (Å²) in [6, 6.07) is 0. The van der Waals surface area contributed by atoms with Gasteiger partial charge in [0.1, 0.15) is 12.4 Å². The van der Waals surface area contributed by atoms with E-state index in [-0.39, 0.29) is 12.8 Å². The predicted molar refractivity (Wildman–Crippen MR) is 69.9 cm³/mol. The lowest BCUT2D eigenvalue weighted by atomic mass is 9.99. The highest BCUT2D eigenvalue weighted by atomic mass is 16.4. The molecule has 4 atom stereocenters. The second kappa shape index (κ2) is 10.3. The van der Waals surface area contributed by atoms with Crippen LogP contribution in [0.3, 0.4) is 0 Å². The van der Waals surface area contributed by atoms with Gasteiger partial charge in [0, 0.05) is 6.42 Å². The zero-order valence-corrected chi connectivity index (χ0v) is 10.9. The highest BCUT2D eigenvalue weighted by Crippen LogP contribution is 2.11. The number of hydrogen-bond acceptors (Lipinski definition) is 6. The van der Waals surface area contributed by atoms with Crippen molar-refractivity contribution in [2.24, 2.45) is 0 Å². The van der Waals surface area contributed by atoms with Crippen LogP contribution in [-0.4, -0.2) is 62.2 Å². The summed E-state index contributed by atoms with van der Waals surface area (Å²) >= 11 is 0. The third-order valence-electron chi connectivity index (χ3n) is 2.53. The molecule has 0 fully saturated rings. The van der Waals surface area contributed by atoms with E-state index in [2.05, 4.69) is 0 Å². The summed E-state index contributed by atoms with van der Waals surface area (Å²) in [4.78, 5) is 20.3. The van der Waals surface area contributed by atoms with Crippen molar-refractivity contribution in [3.63, 3.8) is 0 Å². The Bertz CT molecular complexity index is 351. The normalized spacial score (nSPS) is 18.0. The summed E-state index contributed by atoms with van der Waals surface area (Å²) in [6.45, 7) is 0. The molecule has 0 radical (unpaired) electrons. The molecule has 0 saturated heterocycles. The molecule has 0 saturated carbocycles. The maximum Gasteiger partial charge on any atom is 0.305 e. The highest BCUT2D eigenvalue weighted by Gasteiger charge is 2.26. The molecule has 0 aromatic carbocycles. The van der Waals surface area contributed by atoms with Crippen LogP contribution in [-0.2, 0) is 9.59 Å². The van der Waals surface area contributed by atoms with Gasteiger partial charge in [-0.1, -0.05) is 18.2 Å². The zero-order valence-electron chi connectivity index (χ0n) is 10.9. The van der Waals surface area contributed by atoms with E-state index >= 15 is 0 Å². The van der Waals surface area contributed by atoms with E-state index in [9.17, 15) is 30.0 Å². The van der Waals surface area contributed by atoms with Crippen molar-refractivity contribution in [3.05, 3.63) is 24.3 Å². The smallest absolute Gasteiger partial charge is 0.305 e. The number of aldehydes is 1. The molecule has 0 rings (SSSR count). The molecule has 0 spiro atoms. The first-order valence-electron chi connectivity index (χ1n) is 6.09. The first kappa shape index (κ1) is 18.5. The van der Waals surface area contributed by atoms with E-state index in [1.54, 1.807) is 0 Å². The topological polar surface area (TPSA) is 135 Å². The monoisotopic (exact) mass is 288 g/mol. The Morgan fingerprint density at radius 3 is 2.20 bits per heavy atom. The fourth-order valence-corrected chi connectivity index (χ4v) is 1.51. The Labute approximate surface area is 116 Å². The minimum Gasteiger partial charge on any atom is -0.481 e. The van der Waals surface area contributed by atoms with Gasteiger partial charge < -0.3 is 25.5 Å². The Kier molecular flexibility index (Phi) is 9.48. The number of aliphatic hydroxyl groups is 4. The number of carbonyl (C=O) groups is 2. The van der Waals surface area contributed by atoms with E-state index in [4.69, 9.17) is 5.11 Å². The van der Waals surface area contributed by atoms with E-state index in [1.165, 1.54) is 24.3 Å². The second-order valence-electron chi connectivity index (χ2n) is 4.30. The van der Waals surface area contributed by atoms with Crippen LogP contribution >= 0.6 is 0 Å². The first-order chi connectivity index (χ1) is 9.38. The van der Waals surface area contributed by atoms with Crippen LogP contribution in [0.25, 0.3) is 0 Å². The van der Waals surface area contributed by atoms with Crippen LogP contribution < -0.4 is 0 Å². The molecule has 0 aromatic rings. The van der Waals surface area contributed by atoms with Gasteiger partial charge in [-0.15, -0.1) is 0 Å². The Hall–Kier alpha value is -1.54. The van der Waals surface area contributed by atoms with E-state index in [0.29, 0.717) is 6.29 Å². The lowest BCUT2D eigenvalue weighted by Gasteiger charge is -2.23. The molecule has 7 heteroatoms. The third kappa shape index (κ3) is 8.54. The van der Waals surface area contributed by atoms with Crippen LogP contribution in [0, 0.1) is 0 Å². The molecule has 114 valence electrons. The molecule has 0 aliphatic heterocycles. The van der Waals surface area contributed by atoms with Gasteiger partial charge in [0.2, 0.25) is 0 Å². The van der Waals surface area contributed by atoms with Crippen LogP contribution in [0.15, 0.2) is 24.3 Å². The Balaban J connectivity index is 4.17. The summed E-state index contributed by atoms with van der Waals surface area (Å²) in [5.41, 5.74) is 0. The number of allylic oxidation sites excluding steroid dienone is 3. The minimum atomic E-state index is -1.50. The summed E-state index contributed by atoms with van der Waals surface area (Å²) in [5.74, 6) is -1.22. The predicted octanol–water partition coefficient (Wildman–Crippen LogP) is -1.00. The molecule has 0 unspecified atom stereocenters. The summed E-state index contributed by atoms with van der Waals surface area (Å²) in [6.07, 6.45) is -0.0792. The molecule has 20 heavy (non-hydrogen) atoms. The van der Waals surface area contributed by atoms with Crippen molar-refractivity contribution in [3.8, 4) is 0 Å². The maximum atomic E-state index is 10.3. The van der Waals surface area contributed by atoms with Gasteiger partial charge >= 0.3 is 5.97 Å². The molecule has 0 aliphatic carbocycles. The molecule has 0 amide bonds. The van der Waals surface area contributed by atoms with E-state index in [1.807, 2.05) is 0 Å². The van der Waals surface area contributed by atoms with E-state index < -0.39 is 36.8 Å². The quantitative estimate of drug-likeness (QED) is 0.197. The van der Waals surface area contributed by atoms with Gasteiger partial charge in [-0.05, 0) is 12.5 Å². The summed E-state index contributed by atoms with van der Waals surface area (Å²) < 4.78 is 0. The number of carbonyl (C=O) groups excluding carboxylic acids is 1. The minimum absolute atomic E-state index is 0.0381. The van der Waals surface area contributed by atoms with E-state index in [0.717, 1.165) is 0 Å². The van der Waals surface area contributed by atoms with Gasteiger partial charge in [0.25, 0.3) is 0 Å². The zero-order chi connectivity index (χ0) is 15.5. The lowest BCUT2D eigenvalue weighted by molar-refractivity contribution is -0.140. The average molecular weight is 288 g/mol. The third-order valence-corrected chi connectivity index (χ3v) is 2.53. The van der Waals surface area contributed by atoms with Crippen molar-refractivity contribution in [2.45, 2.75) is 43.7 Å². The first-order valence-corrected chi connectivity index (χ1v) is 6.09. The number of carboxylic acids is 1. The van der Waals surface area contributed by atoms with Crippen LogP contribution in [0.2, 0.25) is 0 Å². The van der Waals surface area contributed by atoms with Gasteiger partial charge in [0.15, 0.2) is 0 Å². The SMILES string of the molecule is O=C/C=C/C=C/C[C@H](O)[C@H](O)[C@H](O)C[C@@H](O)CC(=O)O. The summed E-state index contributed by atoms with van der Waals surface area (Å²) in [7, 11) is 0. The fraction of sp³-hybridized carbons (Fsp3) is 0.538. The van der Waals surface area contributed by atoms with Crippen LogP contribution in [0.4, 0.5) is 0 Å². The number of rotatable bonds is 10. The van der Waals surface area contributed by atoms with Gasteiger partial charge in [-0.2, -0.15) is 0 Å². The van der Waals surface area contributed by atoms with Crippen molar-refractivity contribution in [1.82, 2.24) is 0 Å². The Morgan fingerprint density at radius 2 is 1.65 bits per heavy atom. The van der Waals surface area contributed by atoms with Gasteiger partial charge in [-0.3, -0.25) is 9.59 Å². The van der Waals surface area contributed by atoms with Gasteiger partial charge in [0.05, 0.1) is 24.7 Å². The molecule has 0 aliphatic rings. The van der Waals surface area contributed by atoms with Crippen LogP contribution in [0.1, 0.15) is 19.3 Å². The molecule has 5 N–H and O–H groups in total. The molecular weight excluding hydrogens is 268 g/mol. The fourth-order valence-electron chi connectivity index (χ4n) is 1.51. The molecule has 0 aromatic heterocycles. The maximum absolute atomic E-state index is 10.3. The molecule has 0 heterocycles. The highest BCUT2D eigenvalue weighted by molar-refractivity contribution is 5.67. The largest absolute Gasteiger partial charge is 0.481 e. The average Bonchev–Trinajstić information content (AvgIpc) is 2.36.